The SMILES string of the molecule is CNc1snc(C)c1C(=O)NCC1(c2ccccc2)CCCC1. The highest BCUT2D eigenvalue weighted by atomic mass is 32.1. The smallest absolute Gasteiger partial charge is 0.256 e. The molecule has 0 atom stereocenters. The molecule has 0 spiro atoms. The first kappa shape index (κ1) is 16.0. The standard InChI is InChI=1S/C18H23N3OS/c1-13-15(17(19-2)23-21-13)16(22)20-12-18(10-6-7-11-18)14-8-4-3-5-9-14/h3-5,8-9,19H,6-7,10-12H2,1-2H3,(H,20,22). The number of aromatic nitrogens is 1. The molecule has 0 aliphatic heterocycles. The van der Waals surface area contributed by atoms with Crippen LogP contribution in [0.2, 0.25) is 0 Å². The van der Waals surface area contributed by atoms with Gasteiger partial charge >= 0.3 is 0 Å². The molecule has 1 fully saturated rings. The largest absolute Gasteiger partial charge is 0.378 e. The number of carbonyl (C=O) groups excluding carboxylic acids is 1. The van der Waals surface area contributed by atoms with Crippen LogP contribution in [0.25, 0.3) is 0 Å². The van der Waals surface area contributed by atoms with E-state index in [1.807, 2.05) is 20.0 Å². The van der Waals surface area contributed by atoms with E-state index in [1.165, 1.54) is 29.9 Å². The van der Waals surface area contributed by atoms with Crippen molar-refractivity contribution in [3.8, 4) is 0 Å². The van der Waals surface area contributed by atoms with Gasteiger partial charge in [-0.2, -0.15) is 4.37 Å². The van der Waals surface area contributed by atoms with Crippen molar-refractivity contribution in [3.63, 3.8) is 0 Å². The Morgan fingerprint density at radius 2 is 1.96 bits per heavy atom. The Hall–Kier alpha value is -1.88. The first-order valence-corrected chi connectivity index (χ1v) is 8.91. The van der Waals surface area contributed by atoms with Gasteiger partial charge in [0.15, 0.2) is 0 Å². The zero-order chi connectivity index (χ0) is 16.3. The maximum Gasteiger partial charge on any atom is 0.256 e. The molecule has 2 N–H and O–H groups in total. The van der Waals surface area contributed by atoms with E-state index >= 15 is 0 Å². The van der Waals surface area contributed by atoms with Crippen molar-refractivity contribution < 1.29 is 4.79 Å². The number of rotatable bonds is 5. The van der Waals surface area contributed by atoms with Gasteiger partial charge in [-0.3, -0.25) is 4.79 Å². The average molecular weight is 329 g/mol. The quantitative estimate of drug-likeness (QED) is 0.879. The Kier molecular flexibility index (Phi) is 4.66. The molecule has 1 amide bonds. The van der Waals surface area contributed by atoms with Crippen LogP contribution in [0.3, 0.4) is 0 Å². The van der Waals surface area contributed by atoms with E-state index in [2.05, 4.69) is 39.3 Å². The maximum atomic E-state index is 12.7. The van der Waals surface area contributed by atoms with Crippen molar-refractivity contribution >= 4 is 22.4 Å². The Bertz CT molecular complexity index is 675. The molecule has 0 radical (unpaired) electrons. The van der Waals surface area contributed by atoms with E-state index < -0.39 is 0 Å². The fourth-order valence-electron chi connectivity index (χ4n) is 3.56. The van der Waals surface area contributed by atoms with Crippen LogP contribution < -0.4 is 10.6 Å². The second-order valence-corrected chi connectivity index (χ2v) is 7.03. The molecule has 0 unspecified atom stereocenters. The number of amides is 1. The van der Waals surface area contributed by atoms with Crippen molar-refractivity contribution in [1.82, 2.24) is 9.69 Å². The first-order chi connectivity index (χ1) is 11.2. The minimum Gasteiger partial charge on any atom is -0.378 e. The number of anilines is 1. The highest BCUT2D eigenvalue weighted by Gasteiger charge is 2.36. The van der Waals surface area contributed by atoms with Crippen LogP contribution in [-0.2, 0) is 5.41 Å². The van der Waals surface area contributed by atoms with Gasteiger partial charge in [0.25, 0.3) is 5.91 Å². The normalized spacial score (nSPS) is 16.3. The van der Waals surface area contributed by atoms with Crippen LogP contribution in [0.4, 0.5) is 5.00 Å². The number of nitrogens with zero attached hydrogens (tertiary/aromatic N) is 1. The Morgan fingerprint density at radius 1 is 1.26 bits per heavy atom. The van der Waals surface area contributed by atoms with Gasteiger partial charge in [0.05, 0.1) is 11.3 Å². The number of benzene rings is 1. The van der Waals surface area contributed by atoms with Crippen molar-refractivity contribution in [1.29, 1.82) is 0 Å². The lowest BCUT2D eigenvalue weighted by Crippen LogP contribution is -2.39. The zero-order valence-corrected chi connectivity index (χ0v) is 14.5. The third-order valence-corrected chi connectivity index (χ3v) is 5.81. The summed E-state index contributed by atoms with van der Waals surface area (Å²) in [7, 11) is 1.83. The molecule has 1 aliphatic rings. The summed E-state index contributed by atoms with van der Waals surface area (Å²) in [4.78, 5) is 12.7. The molecule has 1 heterocycles. The van der Waals surface area contributed by atoms with E-state index in [4.69, 9.17) is 0 Å². The molecule has 122 valence electrons. The topological polar surface area (TPSA) is 54.0 Å². The number of hydrogen-bond acceptors (Lipinski definition) is 4. The number of carbonyl (C=O) groups is 1. The van der Waals surface area contributed by atoms with Crippen molar-refractivity contribution in [2.45, 2.75) is 38.0 Å². The van der Waals surface area contributed by atoms with Crippen LogP contribution in [0.5, 0.6) is 0 Å². The monoisotopic (exact) mass is 329 g/mol. The van der Waals surface area contributed by atoms with Crippen molar-refractivity contribution in [2.75, 3.05) is 18.9 Å². The third kappa shape index (κ3) is 3.11. The van der Waals surface area contributed by atoms with Gasteiger partial charge in [-0.15, -0.1) is 0 Å². The van der Waals surface area contributed by atoms with E-state index in [0.29, 0.717) is 12.1 Å². The minimum atomic E-state index is -0.0252. The minimum absolute atomic E-state index is 0.0252. The summed E-state index contributed by atoms with van der Waals surface area (Å²) in [5.41, 5.74) is 2.89. The molecule has 5 heteroatoms. The molecule has 1 aromatic heterocycles. The second kappa shape index (κ2) is 6.71. The van der Waals surface area contributed by atoms with Crippen LogP contribution in [0.15, 0.2) is 30.3 Å². The summed E-state index contributed by atoms with van der Waals surface area (Å²) < 4.78 is 4.28. The van der Waals surface area contributed by atoms with Crippen LogP contribution in [0.1, 0.15) is 47.3 Å². The van der Waals surface area contributed by atoms with E-state index in [1.54, 1.807) is 0 Å². The Balaban J connectivity index is 1.78. The molecule has 1 aromatic carbocycles. The van der Waals surface area contributed by atoms with E-state index in [-0.39, 0.29) is 11.3 Å². The predicted octanol–water partition coefficient (Wildman–Crippen LogP) is 3.74. The third-order valence-electron chi connectivity index (χ3n) is 4.85. The summed E-state index contributed by atoms with van der Waals surface area (Å²) in [6, 6.07) is 10.6. The Labute approximate surface area is 141 Å². The van der Waals surface area contributed by atoms with E-state index in [0.717, 1.165) is 23.5 Å². The fourth-order valence-corrected chi connectivity index (χ4v) is 4.30. The fraction of sp³-hybridized carbons (Fsp3) is 0.444. The van der Waals surface area contributed by atoms with Gasteiger partial charge in [0.1, 0.15) is 5.00 Å². The summed E-state index contributed by atoms with van der Waals surface area (Å²) in [6.45, 7) is 2.57. The summed E-state index contributed by atoms with van der Waals surface area (Å²) in [6.07, 6.45) is 4.73. The number of nitrogens with one attached hydrogen (secondary N) is 2. The number of hydrogen-bond donors (Lipinski definition) is 2. The molecule has 1 aliphatic carbocycles. The molecular weight excluding hydrogens is 306 g/mol. The lowest BCUT2D eigenvalue weighted by Gasteiger charge is -2.30. The Morgan fingerprint density at radius 3 is 2.61 bits per heavy atom. The second-order valence-electron chi connectivity index (χ2n) is 6.26. The van der Waals surface area contributed by atoms with Gasteiger partial charge < -0.3 is 10.6 Å². The van der Waals surface area contributed by atoms with Crippen LogP contribution in [0, 0.1) is 6.92 Å². The molecule has 1 saturated carbocycles. The van der Waals surface area contributed by atoms with Crippen molar-refractivity contribution in [2.24, 2.45) is 0 Å². The summed E-state index contributed by atoms with van der Waals surface area (Å²) in [5.74, 6) is -0.0252. The van der Waals surface area contributed by atoms with Crippen LogP contribution in [-0.4, -0.2) is 23.9 Å². The predicted molar refractivity (Wildman–Crippen MR) is 95.3 cm³/mol. The van der Waals surface area contributed by atoms with Crippen molar-refractivity contribution in [3.05, 3.63) is 47.2 Å². The molecule has 23 heavy (non-hydrogen) atoms. The van der Waals surface area contributed by atoms with Gasteiger partial charge in [-0.25, -0.2) is 0 Å². The van der Waals surface area contributed by atoms with Gasteiger partial charge in [-0.05, 0) is 36.9 Å². The van der Waals surface area contributed by atoms with Gasteiger partial charge in [0.2, 0.25) is 0 Å². The van der Waals surface area contributed by atoms with Crippen LogP contribution >= 0.6 is 11.5 Å². The molecule has 2 aromatic rings. The maximum absolute atomic E-state index is 12.7. The lowest BCUT2D eigenvalue weighted by atomic mass is 9.79. The highest BCUT2D eigenvalue weighted by Crippen LogP contribution is 2.40. The van der Waals surface area contributed by atoms with E-state index in [9.17, 15) is 4.79 Å². The molecular formula is C18H23N3OS. The number of aryl methyl sites for hydroxylation is 1. The lowest BCUT2D eigenvalue weighted by molar-refractivity contribution is 0.0943. The highest BCUT2D eigenvalue weighted by molar-refractivity contribution is 7.10. The first-order valence-electron chi connectivity index (χ1n) is 8.14. The zero-order valence-electron chi connectivity index (χ0n) is 13.7. The van der Waals surface area contributed by atoms with Gasteiger partial charge in [-0.1, -0.05) is 43.2 Å². The van der Waals surface area contributed by atoms with Gasteiger partial charge in [0, 0.05) is 19.0 Å². The molecule has 0 bridgehead atoms. The average Bonchev–Trinajstić information content (AvgIpc) is 3.21. The summed E-state index contributed by atoms with van der Waals surface area (Å²) >= 11 is 1.34. The summed E-state index contributed by atoms with van der Waals surface area (Å²) in [5, 5.41) is 7.06. The molecule has 0 saturated heterocycles. The molecule has 3 rings (SSSR count). The molecule has 4 nitrogen and oxygen atoms in total.